The van der Waals surface area contributed by atoms with Crippen LogP contribution in [0.1, 0.15) is 102 Å². The number of phenols is 3. The zero-order valence-electron chi connectivity index (χ0n) is 29.0. The molecule has 7 atom stereocenters. The van der Waals surface area contributed by atoms with E-state index in [4.69, 9.17) is 19.9 Å². The van der Waals surface area contributed by atoms with E-state index in [0.717, 1.165) is 0 Å². The van der Waals surface area contributed by atoms with Crippen LogP contribution in [0.25, 0.3) is 0 Å². The summed E-state index contributed by atoms with van der Waals surface area (Å²) in [4.78, 5) is 77.7. The van der Waals surface area contributed by atoms with Gasteiger partial charge in [-0.3, -0.25) is 19.2 Å². The van der Waals surface area contributed by atoms with E-state index >= 15 is 0 Å². The molecule has 1 heterocycles. The van der Waals surface area contributed by atoms with Gasteiger partial charge in [0.1, 0.15) is 34.7 Å². The maximum atomic E-state index is 13.7. The molecule has 4 unspecified atom stereocenters. The van der Waals surface area contributed by atoms with Gasteiger partial charge in [0.25, 0.3) is 0 Å². The summed E-state index contributed by atoms with van der Waals surface area (Å²) >= 11 is 0. The molecule has 8 N–H and O–H groups in total. The van der Waals surface area contributed by atoms with Gasteiger partial charge in [-0.05, 0) is 25.8 Å². The number of aliphatic hydroxyl groups is 2. The summed E-state index contributed by atoms with van der Waals surface area (Å²) < 4.78 is 17.1. The maximum Gasteiger partial charge on any atom is 0.329 e. The Hall–Kier alpha value is -4.74. The molecule has 5 rings (SSSR count). The first-order valence-electron chi connectivity index (χ1n) is 16.8. The van der Waals surface area contributed by atoms with Crippen molar-refractivity contribution in [2.45, 2.75) is 102 Å². The monoisotopic (exact) mass is 726 g/mol. The Morgan fingerprint density at radius 1 is 1.04 bits per heavy atom. The first-order chi connectivity index (χ1) is 24.4. The molecule has 280 valence electrons. The fraction of sp³-hybridized carbons (Fsp3) is 0.500. The zero-order valence-corrected chi connectivity index (χ0v) is 29.0. The number of carbonyl (C=O) groups excluding carboxylic acids is 6. The van der Waals surface area contributed by atoms with Crippen molar-refractivity contribution >= 4 is 35.0 Å². The average molecular weight is 727 g/mol. The van der Waals surface area contributed by atoms with Crippen LogP contribution in [0, 0.1) is 5.92 Å². The standard InChI is InChI=1S/C36H42N2O14/c1-14(2)29(38-23(42)9-8-15(3)39)35(48)50-13-22(41)36(49)11-18-26(21(12-36)52-24-10-19(37)30(43)16(4)51-24)34(47)28-27(32(18)45)31(44)17-6-5-7-20(40)25(17)33(28)46/h5-7,14,16,19,21,24,29-30,40,43,45,47,49H,8-13,37H2,1-4H3,(H,38,42)/t16?,19?,21-,24?,29+,30?,36-/m0/s1. The van der Waals surface area contributed by atoms with Gasteiger partial charge in [0.15, 0.2) is 18.7 Å². The van der Waals surface area contributed by atoms with Crippen molar-refractivity contribution in [2.24, 2.45) is 11.7 Å². The van der Waals surface area contributed by atoms with Crippen LogP contribution < -0.4 is 11.1 Å². The maximum absolute atomic E-state index is 13.7. The summed E-state index contributed by atoms with van der Waals surface area (Å²) in [6.07, 6.45) is -6.21. The molecule has 0 spiro atoms. The number of phenolic OH excluding ortho intramolecular Hbond substituents is 3. The highest BCUT2D eigenvalue weighted by molar-refractivity contribution is 6.31. The van der Waals surface area contributed by atoms with E-state index in [-0.39, 0.29) is 41.7 Å². The molecule has 2 aromatic carbocycles. The molecule has 1 saturated heterocycles. The lowest BCUT2D eigenvalue weighted by Gasteiger charge is -2.42. The van der Waals surface area contributed by atoms with E-state index in [1.54, 1.807) is 13.8 Å². The summed E-state index contributed by atoms with van der Waals surface area (Å²) in [5.41, 5.74) is 1.17. The van der Waals surface area contributed by atoms with Gasteiger partial charge in [-0.2, -0.15) is 0 Å². The van der Waals surface area contributed by atoms with Crippen molar-refractivity contribution in [3.63, 3.8) is 0 Å². The third kappa shape index (κ3) is 7.16. The Kier molecular flexibility index (Phi) is 10.9. The highest BCUT2D eigenvalue weighted by Crippen LogP contribution is 2.52. The van der Waals surface area contributed by atoms with Crippen molar-refractivity contribution in [2.75, 3.05) is 6.61 Å². The van der Waals surface area contributed by atoms with Gasteiger partial charge in [-0.15, -0.1) is 0 Å². The van der Waals surface area contributed by atoms with Gasteiger partial charge in [0, 0.05) is 54.8 Å². The van der Waals surface area contributed by atoms with Crippen LogP contribution in [0.4, 0.5) is 0 Å². The summed E-state index contributed by atoms with van der Waals surface area (Å²) in [7, 11) is 0. The highest BCUT2D eigenvalue weighted by atomic mass is 16.7. The van der Waals surface area contributed by atoms with Gasteiger partial charge in [0.2, 0.25) is 17.5 Å². The SMILES string of the molecule is CC(=O)CCC(=O)N[C@@H](C(=O)OCC(=O)[C@]1(O)Cc2c(O)c3c(c(O)c2[C@@H](OC2CC(N)C(O)C(C)O2)C1)C(=O)c1c(O)cccc1C3=O)C(C)C. The largest absolute Gasteiger partial charge is 0.507 e. The smallest absolute Gasteiger partial charge is 0.329 e. The number of benzene rings is 2. The van der Waals surface area contributed by atoms with Crippen molar-refractivity contribution in [3.8, 4) is 17.2 Å². The van der Waals surface area contributed by atoms with Crippen molar-refractivity contribution < 1.29 is 68.5 Å². The lowest BCUT2D eigenvalue weighted by molar-refractivity contribution is -0.247. The van der Waals surface area contributed by atoms with E-state index in [0.29, 0.717) is 0 Å². The molecule has 52 heavy (non-hydrogen) atoms. The topological polar surface area (TPSA) is 269 Å². The molecule has 3 aliphatic rings. The van der Waals surface area contributed by atoms with Crippen LogP contribution in [0.5, 0.6) is 17.2 Å². The Morgan fingerprint density at radius 3 is 2.35 bits per heavy atom. The highest BCUT2D eigenvalue weighted by Gasteiger charge is 2.50. The number of ketones is 4. The number of esters is 1. The molecule has 1 fully saturated rings. The summed E-state index contributed by atoms with van der Waals surface area (Å²) in [6, 6.07) is 1.73. The average Bonchev–Trinajstić information content (AvgIpc) is 3.07. The van der Waals surface area contributed by atoms with Crippen LogP contribution in [0.15, 0.2) is 18.2 Å². The molecule has 1 aliphatic heterocycles. The third-order valence-corrected chi connectivity index (χ3v) is 9.74. The Balaban J connectivity index is 1.49. The van der Waals surface area contributed by atoms with Gasteiger partial charge in [-0.25, -0.2) is 4.79 Å². The van der Waals surface area contributed by atoms with Gasteiger partial charge < -0.3 is 55.6 Å². The lowest BCUT2D eigenvalue weighted by Crippen LogP contribution is -2.53. The normalized spacial score (nSPS) is 25.8. The van der Waals surface area contributed by atoms with E-state index in [1.807, 2.05) is 0 Å². The first-order valence-corrected chi connectivity index (χ1v) is 16.8. The number of hydrogen-bond acceptors (Lipinski definition) is 15. The van der Waals surface area contributed by atoms with Gasteiger partial charge in [0.05, 0.1) is 35.0 Å². The predicted molar refractivity (Wildman–Crippen MR) is 177 cm³/mol. The fourth-order valence-electron chi connectivity index (χ4n) is 6.84. The number of ether oxygens (including phenoxy) is 3. The molecule has 0 aromatic heterocycles. The minimum atomic E-state index is -2.46. The van der Waals surface area contributed by atoms with E-state index in [1.165, 1.54) is 32.0 Å². The zero-order chi connectivity index (χ0) is 38.4. The molecule has 0 saturated carbocycles. The fourth-order valence-corrected chi connectivity index (χ4v) is 6.84. The Bertz CT molecular complexity index is 1830. The molecular formula is C36H42N2O14. The number of rotatable bonds is 11. The molecule has 1 amide bonds. The molecule has 0 radical (unpaired) electrons. The second kappa shape index (κ2) is 14.7. The van der Waals surface area contributed by atoms with Crippen LogP contribution in [0.2, 0.25) is 0 Å². The molecule has 0 bridgehead atoms. The summed E-state index contributed by atoms with van der Waals surface area (Å²) in [6.45, 7) is 5.09. The number of aliphatic hydroxyl groups excluding tert-OH is 1. The van der Waals surface area contributed by atoms with E-state index in [9.17, 15) is 54.3 Å². The molecule has 16 nitrogen and oxygen atoms in total. The van der Waals surface area contributed by atoms with E-state index in [2.05, 4.69) is 5.32 Å². The van der Waals surface area contributed by atoms with Crippen LogP contribution >= 0.6 is 0 Å². The van der Waals surface area contributed by atoms with Crippen LogP contribution in [0.3, 0.4) is 0 Å². The second-order valence-electron chi connectivity index (χ2n) is 13.9. The van der Waals surface area contributed by atoms with Crippen molar-refractivity contribution in [1.82, 2.24) is 5.32 Å². The lowest BCUT2D eigenvalue weighted by atomic mass is 9.72. The van der Waals surface area contributed by atoms with E-state index < -0.39 is 131 Å². The Labute approximate surface area is 297 Å². The van der Waals surface area contributed by atoms with Crippen molar-refractivity contribution in [3.05, 3.63) is 51.6 Å². The number of hydrogen-bond donors (Lipinski definition) is 7. The quantitative estimate of drug-likeness (QED) is 0.106. The number of nitrogens with one attached hydrogen (secondary N) is 1. The summed E-state index contributed by atoms with van der Waals surface area (Å²) in [5.74, 6) is -7.41. The van der Waals surface area contributed by atoms with Crippen LogP contribution in [-0.4, -0.2) is 103 Å². The molecule has 2 aromatic rings. The Morgan fingerprint density at radius 2 is 1.71 bits per heavy atom. The molecular weight excluding hydrogens is 684 g/mol. The minimum absolute atomic E-state index is 0.0421. The number of aromatic hydroxyl groups is 3. The number of carbonyl (C=O) groups is 6. The number of amides is 1. The predicted octanol–water partition coefficient (Wildman–Crippen LogP) is 0.759. The third-order valence-electron chi connectivity index (χ3n) is 9.74. The summed E-state index contributed by atoms with van der Waals surface area (Å²) in [5, 5.41) is 58.4. The van der Waals surface area contributed by atoms with Gasteiger partial charge in [-0.1, -0.05) is 26.0 Å². The number of nitrogens with two attached hydrogens (primary N) is 1. The second-order valence-corrected chi connectivity index (χ2v) is 13.9. The number of fused-ring (bicyclic) bond motifs is 3. The molecule has 2 aliphatic carbocycles. The minimum Gasteiger partial charge on any atom is -0.507 e. The first kappa shape index (κ1) is 38.5. The molecule has 16 heteroatoms. The van der Waals surface area contributed by atoms with Crippen molar-refractivity contribution in [1.29, 1.82) is 0 Å². The van der Waals surface area contributed by atoms with Gasteiger partial charge >= 0.3 is 5.97 Å². The number of Topliss-reactive ketones (excluding diaryl/α,β-unsaturated/α-hetero) is 2. The van der Waals surface area contributed by atoms with Crippen LogP contribution in [-0.2, 0) is 39.8 Å².